The molecule has 0 saturated carbocycles. The highest BCUT2D eigenvalue weighted by Crippen LogP contribution is 2.39. The molecule has 96 valence electrons. The second kappa shape index (κ2) is 5.28. The van der Waals surface area contributed by atoms with E-state index in [0.29, 0.717) is 0 Å². The molecule has 3 aromatic rings. The van der Waals surface area contributed by atoms with E-state index in [-0.39, 0.29) is 5.38 Å². The Kier molecular flexibility index (Phi) is 3.66. The molecule has 1 aromatic heterocycles. The van der Waals surface area contributed by atoms with Gasteiger partial charge in [0.05, 0.1) is 9.16 Å². The molecule has 1 heterocycles. The Morgan fingerprint density at radius 2 is 1.79 bits per heavy atom. The van der Waals surface area contributed by atoms with Gasteiger partial charge in [0, 0.05) is 4.88 Å². The van der Waals surface area contributed by atoms with Crippen LogP contribution in [0.4, 0.5) is 0 Å². The van der Waals surface area contributed by atoms with E-state index in [0.717, 1.165) is 3.79 Å². The van der Waals surface area contributed by atoms with Crippen molar-refractivity contribution in [3.63, 3.8) is 0 Å². The van der Waals surface area contributed by atoms with E-state index in [2.05, 4.69) is 71.4 Å². The molecule has 3 rings (SSSR count). The summed E-state index contributed by atoms with van der Waals surface area (Å²) in [4.78, 5) is 1.26. The predicted octanol–water partition coefficient (Wildman–Crippen LogP) is 6.30. The van der Waals surface area contributed by atoms with Crippen LogP contribution < -0.4 is 0 Å². The normalized spacial score (nSPS) is 12.8. The van der Waals surface area contributed by atoms with Crippen LogP contribution in [0.2, 0.25) is 0 Å². The first kappa shape index (κ1) is 13.2. The van der Waals surface area contributed by atoms with Gasteiger partial charge in [-0.15, -0.1) is 22.9 Å². The summed E-state index contributed by atoms with van der Waals surface area (Å²) in [7, 11) is 0. The molecule has 0 saturated heterocycles. The monoisotopic (exact) mass is 350 g/mol. The lowest BCUT2D eigenvalue weighted by Crippen LogP contribution is -1.94. The maximum Gasteiger partial charge on any atom is 0.0852 e. The Bertz CT molecular complexity index is 727. The number of benzene rings is 2. The molecule has 0 amide bonds. The highest BCUT2D eigenvalue weighted by Gasteiger charge is 2.17. The second-order valence-corrected chi connectivity index (χ2v) is 7.56. The van der Waals surface area contributed by atoms with Gasteiger partial charge in [-0.25, -0.2) is 0 Å². The van der Waals surface area contributed by atoms with Crippen LogP contribution in [-0.2, 0) is 0 Å². The number of halogens is 2. The molecule has 0 spiro atoms. The number of hydrogen-bond acceptors (Lipinski definition) is 1. The van der Waals surface area contributed by atoms with E-state index in [1.807, 2.05) is 0 Å². The minimum Gasteiger partial charge on any atom is -0.133 e. The third-order valence-electron chi connectivity index (χ3n) is 3.30. The van der Waals surface area contributed by atoms with Crippen LogP contribution in [0.1, 0.15) is 21.4 Å². The van der Waals surface area contributed by atoms with Crippen molar-refractivity contribution in [2.24, 2.45) is 0 Å². The number of rotatable bonds is 2. The number of fused-ring (bicyclic) bond motifs is 1. The highest BCUT2D eigenvalue weighted by atomic mass is 79.9. The number of aryl methyl sites for hydroxylation is 1. The SMILES string of the molecule is Cc1sc(Br)cc1C(Cl)c1cccc2ccccc12. The summed E-state index contributed by atoms with van der Waals surface area (Å²) in [6, 6.07) is 16.8. The average molecular weight is 352 g/mol. The van der Waals surface area contributed by atoms with Crippen molar-refractivity contribution in [3.05, 3.63) is 68.3 Å². The lowest BCUT2D eigenvalue weighted by Gasteiger charge is -2.13. The van der Waals surface area contributed by atoms with E-state index >= 15 is 0 Å². The van der Waals surface area contributed by atoms with Crippen molar-refractivity contribution in [2.45, 2.75) is 12.3 Å². The smallest absolute Gasteiger partial charge is 0.0852 e. The molecule has 19 heavy (non-hydrogen) atoms. The fraction of sp³-hybridized carbons (Fsp3) is 0.125. The fourth-order valence-corrected chi connectivity index (χ4v) is 4.58. The van der Waals surface area contributed by atoms with Gasteiger partial charge < -0.3 is 0 Å². The third-order valence-corrected chi connectivity index (χ3v) is 5.34. The zero-order valence-electron chi connectivity index (χ0n) is 10.4. The number of alkyl halides is 1. The summed E-state index contributed by atoms with van der Waals surface area (Å²) >= 11 is 12.0. The predicted molar refractivity (Wildman–Crippen MR) is 88.4 cm³/mol. The van der Waals surface area contributed by atoms with Crippen LogP contribution in [-0.4, -0.2) is 0 Å². The first-order chi connectivity index (χ1) is 9.16. The fourth-order valence-electron chi connectivity index (χ4n) is 2.35. The van der Waals surface area contributed by atoms with Crippen molar-refractivity contribution in [2.75, 3.05) is 0 Å². The minimum atomic E-state index is -0.103. The van der Waals surface area contributed by atoms with E-state index in [4.69, 9.17) is 11.6 Å². The number of hydrogen-bond donors (Lipinski definition) is 0. The summed E-state index contributed by atoms with van der Waals surface area (Å²) < 4.78 is 1.13. The van der Waals surface area contributed by atoms with Crippen molar-refractivity contribution in [3.8, 4) is 0 Å². The van der Waals surface area contributed by atoms with Crippen molar-refractivity contribution in [1.82, 2.24) is 0 Å². The Morgan fingerprint density at radius 1 is 1.05 bits per heavy atom. The molecule has 1 unspecified atom stereocenters. The average Bonchev–Trinajstić information content (AvgIpc) is 2.76. The Hall–Kier alpha value is -0.830. The van der Waals surface area contributed by atoms with Crippen LogP contribution in [0.15, 0.2) is 52.3 Å². The highest BCUT2D eigenvalue weighted by molar-refractivity contribution is 9.11. The molecule has 3 heteroatoms. The summed E-state index contributed by atoms with van der Waals surface area (Å²) in [5, 5.41) is 2.36. The van der Waals surface area contributed by atoms with Crippen molar-refractivity contribution >= 4 is 49.6 Å². The van der Waals surface area contributed by atoms with Crippen LogP contribution in [0.25, 0.3) is 10.8 Å². The zero-order valence-corrected chi connectivity index (χ0v) is 13.5. The van der Waals surface area contributed by atoms with Gasteiger partial charge >= 0.3 is 0 Å². The van der Waals surface area contributed by atoms with Gasteiger partial charge in [0.25, 0.3) is 0 Å². The molecular weight excluding hydrogens is 340 g/mol. The van der Waals surface area contributed by atoms with E-state index < -0.39 is 0 Å². The molecule has 0 N–H and O–H groups in total. The largest absolute Gasteiger partial charge is 0.133 e. The van der Waals surface area contributed by atoms with Gasteiger partial charge in [-0.05, 0) is 50.8 Å². The molecule has 0 aliphatic heterocycles. The van der Waals surface area contributed by atoms with Crippen LogP contribution in [0, 0.1) is 6.92 Å². The maximum atomic E-state index is 6.72. The third kappa shape index (κ3) is 2.45. The molecule has 2 aromatic carbocycles. The van der Waals surface area contributed by atoms with Crippen molar-refractivity contribution in [1.29, 1.82) is 0 Å². The molecule has 0 radical (unpaired) electrons. The van der Waals surface area contributed by atoms with Crippen LogP contribution in [0.3, 0.4) is 0 Å². The minimum absolute atomic E-state index is 0.103. The topological polar surface area (TPSA) is 0 Å². The molecular formula is C16H12BrClS. The molecule has 1 atom stereocenters. The quantitative estimate of drug-likeness (QED) is 0.475. The van der Waals surface area contributed by atoms with Crippen LogP contribution >= 0.6 is 38.9 Å². The van der Waals surface area contributed by atoms with E-state index in [9.17, 15) is 0 Å². The van der Waals surface area contributed by atoms with E-state index in [1.165, 1.54) is 26.8 Å². The molecule has 0 aliphatic carbocycles. The molecule has 0 nitrogen and oxygen atoms in total. The van der Waals surface area contributed by atoms with Gasteiger partial charge in [-0.2, -0.15) is 0 Å². The molecule has 0 aliphatic rings. The van der Waals surface area contributed by atoms with Gasteiger partial charge in [0.1, 0.15) is 0 Å². The summed E-state index contributed by atoms with van der Waals surface area (Å²) in [6.07, 6.45) is 0. The Labute approximate surface area is 130 Å². The molecule has 0 bridgehead atoms. The zero-order chi connectivity index (χ0) is 13.4. The van der Waals surface area contributed by atoms with Gasteiger partial charge in [0.15, 0.2) is 0 Å². The Morgan fingerprint density at radius 3 is 2.53 bits per heavy atom. The van der Waals surface area contributed by atoms with Crippen molar-refractivity contribution < 1.29 is 0 Å². The second-order valence-electron chi connectivity index (χ2n) is 4.49. The van der Waals surface area contributed by atoms with Gasteiger partial charge in [-0.3, -0.25) is 0 Å². The maximum absolute atomic E-state index is 6.72. The number of thiophene rings is 1. The van der Waals surface area contributed by atoms with Gasteiger partial charge in [-0.1, -0.05) is 42.5 Å². The van der Waals surface area contributed by atoms with Gasteiger partial charge in [0.2, 0.25) is 0 Å². The van der Waals surface area contributed by atoms with E-state index in [1.54, 1.807) is 11.3 Å². The standard InChI is InChI=1S/C16H12BrClS/c1-10-14(9-15(17)19-10)16(18)13-8-4-6-11-5-2-3-7-12(11)13/h2-9,16H,1H3. The Balaban J connectivity index is 2.16. The van der Waals surface area contributed by atoms with Crippen LogP contribution in [0.5, 0.6) is 0 Å². The first-order valence-corrected chi connectivity index (χ1v) is 8.09. The first-order valence-electron chi connectivity index (χ1n) is 6.04. The lowest BCUT2D eigenvalue weighted by molar-refractivity contribution is 1.15. The molecule has 0 fully saturated rings. The summed E-state index contributed by atoms with van der Waals surface area (Å²) in [5.41, 5.74) is 2.36. The summed E-state index contributed by atoms with van der Waals surface area (Å²) in [6.45, 7) is 2.12. The summed E-state index contributed by atoms with van der Waals surface area (Å²) in [5.74, 6) is 0. The lowest BCUT2D eigenvalue weighted by atomic mass is 9.98.